The number of thiophene rings is 1. The number of benzene rings is 2. The first-order valence-electron chi connectivity index (χ1n) is 7.74. The predicted octanol–water partition coefficient (Wildman–Crippen LogP) is 4.87. The Bertz CT molecular complexity index is 896. The fourth-order valence-electron chi connectivity index (χ4n) is 2.13. The summed E-state index contributed by atoms with van der Waals surface area (Å²) in [5.41, 5.74) is 0.855. The number of anilines is 2. The fourth-order valence-corrected chi connectivity index (χ4v) is 3.45. The van der Waals surface area contributed by atoms with Crippen LogP contribution in [0.3, 0.4) is 0 Å². The highest BCUT2D eigenvalue weighted by Crippen LogP contribution is 2.22. The summed E-state index contributed by atoms with van der Waals surface area (Å²) in [6, 6.07) is 16.8. The SMILES string of the molecule is O=C(CSc1ccc(NC(=O)c2cccs2)cc1)Nc1ccccc1F. The van der Waals surface area contributed by atoms with Gasteiger partial charge in [0.2, 0.25) is 5.91 Å². The zero-order valence-corrected chi connectivity index (χ0v) is 15.2. The molecule has 0 aliphatic carbocycles. The van der Waals surface area contributed by atoms with Gasteiger partial charge in [0.15, 0.2) is 0 Å². The number of rotatable bonds is 6. The highest BCUT2D eigenvalue weighted by Gasteiger charge is 2.08. The van der Waals surface area contributed by atoms with Gasteiger partial charge in [0.05, 0.1) is 16.3 Å². The normalized spacial score (nSPS) is 10.3. The Morgan fingerprint density at radius 1 is 0.962 bits per heavy atom. The second-order valence-corrected chi connectivity index (χ2v) is 7.27. The summed E-state index contributed by atoms with van der Waals surface area (Å²) < 4.78 is 13.5. The minimum Gasteiger partial charge on any atom is -0.323 e. The molecule has 0 unspecified atom stereocenters. The molecule has 7 heteroatoms. The number of halogens is 1. The minimum atomic E-state index is -0.461. The highest BCUT2D eigenvalue weighted by molar-refractivity contribution is 8.00. The van der Waals surface area contributed by atoms with Crippen LogP contribution in [0.15, 0.2) is 70.9 Å². The first kappa shape index (κ1) is 18.2. The van der Waals surface area contributed by atoms with Gasteiger partial charge in [-0.3, -0.25) is 9.59 Å². The standard InChI is InChI=1S/C19H15FN2O2S2/c20-15-4-1-2-5-16(15)22-18(23)12-26-14-9-7-13(8-10-14)21-19(24)17-6-3-11-25-17/h1-11H,12H2,(H,21,24)(H,22,23). The van der Waals surface area contributed by atoms with Gasteiger partial charge in [0.1, 0.15) is 5.82 Å². The molecule has 0 aliphatic rings. The molecule has 2 amide bonds. The molecule has 0 bridgehead atoms. The Morgan fingerprint density at radius 2 is 1.73 bits per heavy atom. The molecule has 26 heavy (non-hydrogen) atoms. The summed E-state index contributed by atoms with van der Waals surface area (Å²) in [6.45, 7) is 0. The van der Waals surface area contributed by atoms with E-state index in [1.165, 1.54) is 35.2 Å². The molecule has 0 spiro atoms. The van der Waals surface area contributed by atoms with Crippen molar-refractivity contribution in [1.82, 2.24) is 0 Å². The maximum absolute atomic E-state index is 13.5. The monoisotopic (exact) mass is 386 g/mol. The van der Waals surface area contributed by atoms with Crippen molar-refractivity contribution in [1.29, 1.82) is 0 Å². The molecule has 2 N–H and O–H groups in total. The maximum atomic E-state index is 13.5. The number of hydrogen-bond donors (Lipinski definition) is 2. The number of carbonyl (C=O) groups is 2. The molecule has 0 saturated heterocycles. The zero-order valence-electron chi connectivity index (χ0n) is 13.6. The summed E-state index contributed by atoms with van der Waals surface area (Å²) in [6.07, 6.45) is 0. The van der Waals surface area contributed by atoms with Gasteiger partial charge in [0, 0.05) is 10.6 Å². The van der Waals surface area contributed by atoms with Crippen LogP contribution in [-0.2, 0) is 4.79 Å². The van der Waals surface area contributed by atoms with E-state index >= 15 is 0 Å². The number of amides is 2. The van der Waals surface area contributed by atoms with Crippen LogP contribution < -0.4 is 10.6 Å². The van der Waals surface area contributed by atoms with Crippen molar-refractivity contribution in [2.24, 2.45) is 0 Å². The smallest absolute Gasteiger partial charge is 0.265 e. The predicted molar refractivity (Wildman–Crippen MR) is 104 cm³/mol. The first-order chi connectivity index (χ1) is 12.6. The van der Waals surface area contributed by atoms with E-state index in [4.69, 9.17) is 0 Å². The molecule has 3 rings (SSSR count). The molecular formula is C19H15FN2O2S2. The summed E-state index contributed by atoms with van der Waals surface area (Å²) >= 11 is 2.71. The van der Waals surface area contributed by atoms with E-state index in [0.717, 1.165) is 4.90 Å². The summed E-state index contributed by atoms with van der Waals surface area (Å²) in [5, 5.41) is 7.21. The van der Waals surface area contributed by atoms with Crippen LogP contribution in [0.25, 0.3) is 0 Å². The Morgan fingerprint density at radius 3 is 2.42 bits per heavy atom. The largest absolute Gasteiger partial charge is 0.323 e. The third kappa shape index (κ3) is 4.93. The van der Waals surface area contributed by atoms with Crippen LogP contribution in [0, 0.1) is 5.82 Å². The molecule has 3 aromatic rings. The van der Waals surface area contributed by atoms with E-state index in [1.54, 1.807) is 30.3 Å². The van der Waals surface area contributed by atoms with E-state index in [-0.39, 0.29) is 23.3 Å². The summed E-state index contributed by atoms with van der Waals surface area (Å²) in [5.74, 6) is -0.730. The van der Waals surface area contributed by atoms with Crippen molar-refractivity contribution in [2.75, 3.05) is 16.4 Å². The van der Waals surface area contributed by atoms with Crippen molar-refractivity contribution < 1.29 is 14.0 Å². The zero-order chi connectivity index (χ0) is 18.4. The lowest BCUT2D eigenvalue weighted by Gasteiger charge is -2.07. The van der Waals surface area contributed by atoms with Crippen molar-refractivity contribution in [3.8, 4) is 0 Å². The molecule has 0 saturated carbocycles. The number of nitrogens with one attached hydrogen (secondary N) is 2. The van der Waals surface area contributed by atoms with E-state index in [1.807, 2.05) is 23.6 Å². The lowest BCUT2D eigenvalue weighted by molar-refractivity contribution is -0.113. The molecule has 0 aliphatic heterocycles. The van der Waals surface area contributed by atoms with Crippen molar-refractivity contribution in [2.45, 2.75) is 4.90 Å². The van der Waals surface area contributed by atoms with Gasteiger partial charge >= 0.3 is 0 Å². The van der Waals surface area contributed by atoms with Gasteiger partial charge < -0.3 is 10.6 Å². The average molecular weight is 386 g/mol. The van der Waals surface area contributed by atoms with Crippen molar-refractivity contribution in [3.05, 3.63) is 76.7 Å². The summed E-state index contributed by atoms with van der Waals surface area (Å²) in [4.78, 5) is 25.4. The van der Waals surface area contributed by atoms with Crippen LogP contribution in [0.1, 0.15) is 9.67 Å². The lowest BCUT2D eigenvalue weighted by atomic mass is 10.3. The van der Waals surface area contributed by atoms with Gasteiger partial charge in [-0.25, -0.2) is 4.39 Å². The van der Waals surface area contributed by atoms with E-state index in [0.29, 0.717) is 10.6 Å². The molecule has 4 nitrogen and oxygen atoms in total. The molecule has 0 fully saturated rings. The Balaban J connectivity index is 1.50. The number of hydrogen-bond acceptors (Lipinski definition) is 4. The van der Waals surface area contributed by atoms with Crippen molar-refractivity contribution in [3.63, 3.8) is 0 Å². The van der Waals surface area contributed by atoms with Crippen LogP contribution in [0.4, 0.5) is 15.8 Å². The van der Waals surface area contributed by atoms with Gasteiger partial charge in [-0.15, -0.1) is 23.1 Å². The number of thioether (sulfide) groups is 1. The molecule has 1 heterocycles. The van der Waals surface area contributed by atoms with Crippen LogP contribution >= 0.6 is 23.1 Å². The highest BCUT2D eigenvalue weighted by atomic mass is 32.2. The molecule has 132 valence electrons. The Kier molecular flexibility index (Phi) is 6.04. The Hall–Kier alpha value is -2.64. The number of carbonyl (C=O) groups excluding carboxylic acids is 2. The van der Waals surface area contributed by atoms with Gasteiger partial charge in [-0.2, -0.15) is 0 Å². The van der Waals surface area contributed by atoms with Crippen LogP contribution in [0.2, 0.25) is 0 Å². The van der Waals surface area contributed by atoms with Gasteiger partial charge in [0.25, 0.3) is 5.91 Å². The van der Waals surface area contributed by atoms with Gasteiger partial charge in [-0.05, 0) is 47.8 Å². The minimum absolute atomic E-state index is 0.148. The average Bonchev–Trinajstić information content (AvgIpc) is 3.18. The quantitative estimate of drug-likeness (QED) is 0.594. The van der Waals surface area contributed by atoms with Crippen LogP contribution in [-0.4, -0.2) is 17.6 Å². The first-order valence-corrected chi connectivity index (χ1v) is 9.60. The van der Waals surface area contributed by atoms with Crippen molar-refractivity contribution >= 4 is 46.3 Å². The molecule has 1 aromatic heterocycles. The van der Waals surface area contributed by atoms with Crippen LogP contribution in [0.5, 0.6) is 0 Å². The topological polar surface area (TPSA) is 58.2 Å². The summed E-state index contributed by atoms with van der Waals surface area (Å²) in [7, 11) is 0. The second-order valence-electron chi connectivity index (χ2n) is 5.27. The Labute approximate surface area is 158 Å². The molecular weight excluding hydrogens is 371 g/mol. The lowest BCUT2D eigenvalue weighted by Crippen LogP contribution is -2.14. The third-order valence-corrected chi connectivity index (χ3v) is 5.26. The maximum Gasteiger partial charge on any atom is 0.265 e. The molecule has 0 atom stereocenters. The second kappa shape index (κ2) is 8.64. The molecule has 2 aromatic carbocycles. The van der Waals surface area contributed by atoms with E-state index in [2.05, 4.69) is 10.6 Å². The number of para-hydroxylation sites is 1. The fraction of sp³-hybridized carbons (Fsp3) is 0.0526. The van der Waals surface area contributed by atoms with E-state index in [9.17, 15) is 14.0 Å². The third-order valence-electron chi connectivity index (χ3n) is 3.38. The van der Waals surface area contributed by atoms with Gasteiger partial charge in [-0.1, -0.05) is 18.2 Å². The molecule has 0 radical (unpaired) electrons. The van der Waals surface area contributed by atoms with E-state index < -0.39 is 5.82 Å².